The number of pyridine rings is 1. The second-order valence-corrected chi connectivity index (χ2v) is 7.00. The summed E-state index contributed by atoms with van der Waals surface area (Å²) in [6.45, 7) is 5.97. The maximum Gasteiger partial charge on any atom is 0.237 e. The summed E-state index contributed by atoms with van der Waals surface area (Å²) >= 11 is 0. The van der Waals surface area contributed by atoms with Crippen LogP contribution in [0.2, 0.25) is 0 Å². The van der Waals surface area contributed by atoms with E-state index in [1.54, 1.807) is 0 Å². The molecule has 6 heteroatoms. The lowest BCUT2D eigenvalue weighted by atomic mass is 9.93. The third-order valence-corrected chi connectivity index (χ3v) is 4.37. The first kappa shape index (κ1) is 18.6. The van der Waals surface area contributed by atoms with Gasteiger partial charge in [-0.15, -0.1) is 0 Å². The quantitative estimate of drug-likeness (QED) is 0.660. The molecular weight excluding hydrogens is 340 g/mol. The minimum Gasteiger partial charge on any atom is -0.350 e. The number of fused-ring (bicyclic) bond motifs is 1. The Kier molecular flexibility index (Phi) is 5.54. The molecule has 3 rings (SSSR count). The number of nitrogens with zero attached hydrogens (tertiary/aromatic N) is 2. The van der Waals surface area contributed by atoms with E-state index in [0.717, 1.165) is 16.9 Å². The molecule has 0 bridgehead atoms. The van der Waals surface area contributed by atoms with Crippen molar-refractivity contribution >= 4 is 23.1 Å². The summed E-state index contributed by atoms with van der Waals surface area (Å²) in [6.07, 6.45) is 3.77. The molecule has 2 amide bonds. The maximum atomic E-state index is 12.7. The molecule has 0 aliphatic rings. The highest BCUT2D eigenvalue weighted by Crippen LogP contribution is 2.17. The van der Waals surface area contributed by atoms with E-state index in [1.165, 1.54) is 0 Å². The van der Waals surface area contributed by atoms with Crippen molar-refractivity contribution in [2.24, 2.45) is 11.8 Å². The summed E-state index contributed by atoms with van der Waals surface area (Å²) in [6, 6.07) is 13.3. The molecule has 0 unspecified atom stereocenters. The first-order valence-electron chi connectivity index (χ1n) is 9.02. The second-order valence-electron chi connectivity index (χ2n) is 7.00. The van der Waals surface area contributed by atoms with Crippen LogP contribution in [0, 0.1) is 18.8 Å². The predicted molar refractivity (Wildman–Crippen MR) is 105 cm³/mol. The van der Waals surface area contributed by atoms with Crippen LogP contribution in [0.4, 0.5) is 5.69 Å². The average molecular weight is 364 g/mol. The van der Waals surface area contributed by atoms with Gasteiger partial charge >= 0.3 is 0 Å². The molecule has 0 aliphatic carbocycles. The van der Waals surface area contributed by atoms with Gasteiger partial charge in [0, 0.05) is 18.1 Å². The first-order chi connectivity index (χ1) is 12.9. The summed E-state index contributed by atoms with van der Waals surface area (Å²) in [5, 5.41) is 5.69. The summed E-state index contributed by atoms with van der Waals surface area (Å²) in [5.74, 6) is -1.51. The molecule has 1 aromatic carbocycles. The SMILES string of the molecule is Cc1cccc(NC(=O)[C@H](C(=O)NCc2cn3ccccc3n2)C(C)C)c1. The number of hydrogen-bond donors (Lipinski definition) is 2. The Morgan fingerprint density at radius 2 is 1.93 bits per heavy atom. The van der Waals surface area contributed by atoms with Crippen molar-refractivity contribution in [3.8, 4) is 0 Å². The first-order valence-corrected chi connectivity index (χ1v) is 9.02. The molecule has 27 heavy (non-hydrogen) atoms. The lowest BCUT2D eigenvalue weighted by molar-refractivity contribution is -0.134. The van der Waals surface area contributed by atoms with Gasteiger partial charge in [-0.25, -0.2) is 4.98 Å². The van der Waals surface area contributed by atoms with Gasteiger partial charge in [-0.05, 0) is 42.7 Å². The van der Waals surface area contributed by atoms with Crippen LogP contribution in [0.15, 0.2) is 54.9 Å². The van der Waals surface area contributed by atoms with Crippen molar-refractivity contribution in [1.82, 2.24) is 14.7 Å². The number of imidazole rings is 1. The van der Waals surface area contributed by atoms with Gasteiger partial charge in [-0.3, -0.25) is 9.59 Å². The molecule has 2 N–H and O–H groups in total. The Balaban J connectivity index is 1.66. The van der Waals surface area contributed by atoms with Gasteiger partial charge in [0.15, 0.2) is 0 Å². The minimum atomic E-state index is -0.775. The molecule has 2 aromatic heterocycles. The Morgan fingerprint density at radius 1 is 1.11 bits per heavy atom. The highest BCUT2D eigenvalue weighted by atomic mass is 16.2. The van der Waals surface area contributed by atoms with Gasteiger partial charge in [0.25, 0.3) is 0 Å². The number of rotatable bonds is 6. The van der Waals surface area contributed by atoms with Crippen LogP contribution in [0.3, 0.4) is 0 Å². The van der Waals surface area contributed by atoms with E-state index in [2.05, 4.69) is 15.6 Å². The molecule has 0 saturated carbocycles. The van der Waals surface area contributed by atoms with Crippen molar-refractivity contribution in [3.63, 3.8) is 0 Å². The van der Waals surface area contributed by atoms with E-state index >= 15 is 0 Å². The summed E-state index contributed by atoms with van der Waals surface area (Å²) in [7, 11) is 0. The molecule has 0 fully saturated rings. The van der Waals surface area contributed by atoms with Crippen LogP contribution >= 0.6 is 0 Å². The van der Waals surface area contributed by atoms with Crippen molar-refractivity contribution < 1.29 is 9.59 Å². The van der Waals surface area contributed by atoms with E-state index < -0.39 is 5.92 Å². The summed E-state index contributed by atoms with van der Waals surface area (Å²) in [4.78, 5) is 29.8. The Hall–Kier alpha value is -3.15. The third-order valence-electron chi connectivity index (χ3n) is 4.37. The molecule has 0 spiro atoms. The van der Waals surface area contributed by atoms with Crippen molar-refractivity contribution in [2.45, 2.75) is 27.3 Å². The van der Waals surface area contributed by atoms with Gasteiger partial charge in [0.1, 0.15) is 11.6 Å². The highest BCUT2D eigenvalue weighted by Gasteiger charge is 2.29. The van der Waals surface area contributed by atoms with Gasteiger partial charge in [0.05, 0.1) is 12.2 Å². The molecule has 3 aromatic rings. The van der Waals surface area contributed by atoms with Crippen LogP contribution in [0.1, 0.15) is 25.1 Å². The number of anilines is 1. The zero-order chi connectivity index (χ0) is 19.4. The number of carbonyl (C=O) groups is 2. The van der Waals surface area contributed by atoms with Crippen molar-refractivity contribution in [2.75, 3.05) is 5.32 Å². The zero-order valence-corrected chi connectivity index (χ0v) is 15.8. The lowest BCUT2D eigenvalue weighted by Crippen LogP contribution is -2.40. The minimum absolute atomic E-state index is 0.129. The maximum absolute atomic E-state index is 12.7. The van der Waals surface area contributed by atoms with Crippen LogP contribution in [0.5, 0.6) is 0 Å². The van der Waals surface area contributed by atoms with Crippen LogP contribution in [-0.2, 0) is 16.1 Å². The van der Waals surface area contributed by atoms with E-state index in [-0.39, 0.29) is 24.3 Å². The summed E-state index contributed by atoms with van der Waals surface area (Å²) < 4.78 is 1.89. The number of hydrogen-bond acceptors (Lipinski definition) is 3. The zero-order valence-electron chi connectivity index (χ0n) is 15.8. The van der Waals surface area contributed by atoms with E-state index in [1.807, 2.05) is 80.0 Å². The topological polar surface area (TPSA) is 75.5 Å². The summed E-state index contributed by atoms with van der Waals surface area (Å²) in [5.41, 5.74) is 3.31. The smallest absolute Gasteiger partial charge is 0.237 e. The lowest BCUT2D eigenvalue weighted by Gasteiger charge is -2.19. The Morgan fingerprint density at radius 3 is 2.63 bits per heavy atom. The van der Waals surface area contributed by atoms with Gasteiger partial charge in [-0.2, -0.15) is 0 Å². The fraction of sp³-hybridized carbons (Fsp3) is 0.286. The monoisotopic (exact) mass is 364 g/mol. The van der Waals surface area contributed by atoms with Gasteiger partial charge < -0.3 is 15.0 Å². The molecular formula is C21H24N4O2. The second kappa shape index (κ2) is 8.03. The average Bonchev–Trinajstić information content (AvgIpc) is 3.02. The normalized spacial score (nSPS) is 12.1. The number of carbonyl (C=O) groups excluding carboxylic acids is 2. The fourth-order valence-corrected chi connectivity index (χ4v) is 3.03. The van der Waals surface area contributed by atoms with E-state index in [9.17, 15) is 9.59 Å². The molecule has 0 saturated heterocycles. The number of aromatic nitrogens is 2. The largest absolute Gasteiger partial charge is 0.350 e. The molecule has 0 aliphatic heterocycles. The van der Waals surface area contributed by atoms with Gasteiger partial charge in [0.2, 0.25) is 11.8 Å². The Bertz CT molecular complexity index is 928. The molecule has 1 atom stereocenters. The van der Waals surface area contributed by atoms with Crippen LogP contribution < -0.4 is 10.6 Å². The number of aryl methyl sites for hydroxylation is 1. The molecule has 140 valence electrons. The van der Waals surface area contributed by atoms with Crippen molar-refractivity contribution in [3.05, 3.63) is 66.1 Å². The highest BCUT2D eigenvalue weighted by molar-refractivity contribution is 6.06. The third kappa shape index (κ3) is 4.53. The standard InChI is InChI=1S/C21H24N4O2/c1-14(2)19(21(27)24-16-8-6-7-15(3)11-16)20(26)22-12-17-13-25-10-5-4-9-18(25)23-17/h4-11,13-14,19H,12H2,1-3H3,(H,22,26)(H,24,27)/t19-/m0/s1. The van der Waals surface area contributed by atoms with Crippen LogP contribution in [0.25, 0.3) is 5.65 Å². The molecule has 6 nitrogen and oxygen atoms in total. The number of nitrogens with one attached hydrogen (secondary N) is 2. The van der Waals surface area contributed by atoms with E-state index in [4.69, 9.17) is 0 Å². The Labute approximate surface area is 158 Å². The number of benzene rings is 1. The predicted octanol–water partition coefficient (Wildman–Crippen LogP) is 3.17. The van der Waals surface area contributed by atoms with Gasteiger partial charge in [-0.1, -0.05) is 32.0 Å². The van der Waals surface area contributed by atoms with E-state index in [0.29, 0.717) is 5.69 Å². The molecule has 0 radical (unpaired) electrons. The van der Waals surface area contributed by atoms with Crippen molar-refractivity contribution in [1.29, 1.82) is 0 Å². The number of amides is 2. The van der Waals surface area contributed by atoms with Crippen LogP contribution in [-0.4, -0.2) is 21.2 Å². The molecule has 2 heterocycles. The fourth-order valence-electron chi connectivity index (χ4n) is 3.03.